The van der Waals surface area contributed by atoms with Crippen LogP contribution in [0.3, 0.4) is 0 Å². The van der Waals surface area contributed by atoms with E-state index in [1.165, 1.54) is 36.6 Å². The van der Waals surface area contributed by atoms with E-state index in [9.17, 15) is 4.79 Å². The first-order chi connectivity index (χ1) is 16.2. The highest BCUT2D eigenvalue weighted by Crippen LogP contribution is 2.29. The van der Waals surface area contributed by atoms with Crippen LogP contribution in [0.15, 0.2) is 53.7 Å². The molecule has 0 radical (unpaired) electrons. The van der Waals surface area contributed by atoms with Crippen molar-refractivity contribution < 1.29 is 14.3 Å². The molecule has 1 aliphatic rings. The SMILES string of the molecule is COc1ccc(C(=O)CSc2nnc(CN3CCCCC3)n2Cc2ccccc2)cc1OC. The van der Waals surface area contributed by atoms with Gasteiger partial charge < -0.3 is 14.0 Å². The zero-order chi connectivity index (χ0) is 23.0. The predicted octanol–water partition coefficient (Wildman–Crippen LogP) is 4.30. The molecule has 7 nitrogen and oxygen atoms in total. The van der Waals surface area contributed by atoms with Crippen molar-refractivity contribution in [3.8, 4) is 11.5 Å². The van der Waals surface area contributed by atoms with E-state index in [4.69, 9.17) is 9.47 Å². The Balaban J connectivity index is 1.50. The van der Waals surface area contributed by atoms with Crippen molar-refractivity contribution in [1.29, 1.82) is 0 Å². The maximum Gasteiger partial charge on any atom is 0.192 e. The smallest absolute Gasteiger partial charge is 0.192 e. The van der Waals surface area contributed by atoms with Crippen LogP contribution in [0.2, 0.25) is 0 Å². The van der Waals surface area contributed by atoms with Crippen molar-refractivity contribution in [3.05, 3.63) is 65.5 Å². The van der Waals surface area contributed by atoms with Crippen molar-refractivity contribution in [1.82, 2.24) is 19.7 Å². The van der Waals surface area contributed by atoms with Gasteiger partial charge in [0, 0.05) is 5.56 Å². The summed E-state index contributed by atoms with van der Waals surface area (Å²) in [5.74, 6) is 2.37. The first-order valence-electron chi connectivity index (χ1n) is 11.2. The minimum absolute atomic E-state index is 0.00722. The molecule has 3 aromatic rings. The molecule has 0 bridgehead atoms. The molecule has 1 aromatic heterocycles. The van der Waals surface area contributed by atoms with Gasteiger partial charge in [0.2, 0.25) is 0 Å². The van der Waals surface area contributed by atoms with E-state index in [2.05, 4.69) is 31.8 Å². The molecule has 0 atom stereocenters. The van der Waals surface area contributed by atoms with E-state index in [1.807, 2.05) is 18.2 Å². The number of ether oxygens (including phenoxy) is 2. The molecular formula is C25H30N4O3S. The minimum Gasteiger partial charge on any atom is -0.493 e. The van der Waals surface area contributed by atoms with Crippen molar-refractivity contribution in [2.24, 2.45) is 0 Å². The maximum absolute atomic E-state index is 12.9. The fourth-order valence-electron chi connectivity index (χ4n) is 4.01. The summed E-state index contributed by atoms with van der Waals surface area (Å²) in [4.78, 5) is 15.3. The average Bonchev–Trinajstić information content (AvgIpc) is 3.24. The van der Waals surface area contributed by atoms with Crippen molar-refractivity contribution in [2.45, 2.75) is 37.5 Å². The number of nitrogens with zero attached hydrogens (tertiary/aromatic N) is 4. The van der Waals surface area contributed by atoms with Gasteiger partial charge in [0.25, 0.3) is 0 Å². The third kappa shape index (κ3) is 5.94. The van der Waals surface area contributed by atoms with Crippen LogP contribution in [-0.4, -0.2) is 58.5 Å². The second-order valence-electron chi connectivity index (χ2n) is 8.09. The van der Waals surface area contributed by atoms with Crippen LogP contribution in [0.4, 0.5) is 0 Å². The zero-order valence-electron chi connectivity index (χ0n) is 19.2. The molecule has 2 aromatic carbocycles. The molecule has 0 spiro atoms. The first kappa shape index (κ1) is 23.3. The number of Topliss-reactive ketones (excluding diaryl/α,β-unsaturated/α-hetero) is 1. The number of hydrogen-bond acceptors (Lipinski definition) is 7. The lowest BCUT2D eigenvalue weighted by Gasteiger charge is -2.26. The van der Waals surface area contributed by atoms with Gasteiger partial charge in [-0.3, -0.25) is 9.69 Å². The highest BCUT2D eigenvalue weighted by atomic mass is 32.2. The largest absolute Gasteiger partial charge is 0.493 e. The highest BCUT2D eigenvalue weighted by Gasteiger charge is 2.19. The van der Waals surface area contributed by atoms with E-state index in [0.717, 1.165) is 30.6 Å². The number of aromatic nitrogens is 3. The molecule has 2 heterocycles. The van der Waals surface area contributed by atoms with Crippen LogP contribution in [0.25, 0.3) is 0 Å². The number of ketones is 1. The molecule has 4 rings (SSSR count). The molecule has 0 amide bonds. The molecule has 1 fully saturated rings. The standard InChI is InChI=1S/C25H30N4O3S/c1-31-22-12-11-20(15-23(22)32-2)21(30)18-33-25-27-26-24(17-28-13-7-4-8-14-28)29(25)16-19-9-5-3-6-10-19/h3,5-6,9-12,15H,4,7-8,13-14,16-18H2,1-2H3. The van der Waals surface area contributed by atoms with E-state index < -0.39 is 0 Å². The Morgan fingerprint density at radius 3 is 2.42 bits per heavy atom. The number of methoxy groups -OCH3 is 2. The number of rotatable bonds is 10. The molecular weight excluding hydrogens is 436 g/mol. The van der Waals surface area contributed by atoms with Gasteiger partial charge in [-0.15, -0.1) is 10.2 Å². The van der Waals surface area contributed by atoms with Gasteiger partial charge in [-0.05, 0) is 49.7 Å². The van der Waals surface area contributed by atoms with E-state index in [-0.39, 0.29) is 11.5 Å². The maximum atomic E-state index is 12.9. The fraction of sp³-hybridized carbons (Fsp3) is 0.400. The summed E-state index contributed by atoms with van der Waals surface area (Å²) in [6, 6.07) is 15.5. The van der Waals surface area contributed by atoms with Gasteiger partial charge in [0.1, 0.15) is 5.82 Å². The number of carbonyl (C=O) groups is 1. The van der Waals surface area contributed by atoms with Gasteiger partial charge in [0.15, 0.2) is 22.4 Å². The molecule has 33 heavy (non-hydrogen) atoms. The van der Waals surface area contributed by atoms with Crippen molar-refractivity contribution in [3.63, 3.8) is 0 Å². The Morgan fingerprint density at radius 2 is 1.70 bits per heavy atom. The quantitative estimate of drug-likeness (QED) is 0.326. The lowest BCUT2D eigenvalue weighted by atomic mass is 10.1. The average molecular weight is 467 g/mol. The van der Waals surface area contributed by atoms with Gasteiger partial charge >= 0.3 is 0 Å². The second kappa shape index (κ2) is 11.3. The van der Waals surface area contributed by atoms with E-state index in [1.54, 1.807) is 32.4 Å². The van der Waals surface area contributed by atoms with Crippen LogP contribution < -0.4 is 9.47 Å². The number of piperidine rings is 1. The van der Waals surface area contributed by atoms with Gasteiger partial charge in [-0.25, -0.2) is 0 Å². The predicted molar refractivity (Wildman–Crippen MR) is 129 cm³/mol. The lowest BCUT2D eigenvalue weighted by Crippen LogP contribution is -2.30. The molecule has 8 heteroatoms. The Kier molecular flexibility index (Phi) is 8.01. The summed E-state index contributed by atoms with van der Waals surface area (Å²) < 4.78 is 12.8. The molecule has 0 N–H and O–H groups in total. The minimum atomic E-state index is 0.00722. The van der Waals surface area contributed by atoms with Crippen LogP contribution >= 0.6 is 11.8 Å². The van der Waals surface area contributed by atoms with Gasteiger partial charge in [-0.2, -0.15) is 0 Å². The third-order valence-electron chi connectivity index (χ3n) is 5.83. The number of carbonyl (C=O) groups excluding carboxylic acids is 1. The summed E-state index contributed by atoms with van der Waals surface area (Å²) in [6.45, 7) is 3.66. The summed E-state index contributed by atoms with van der Waals surface area (Å²) in [5.41, 5.74) is 1.77. The summed E-state index contributed by atoms with van der Waals surface area (Å²) >= 11 is 1.42. The molecule has 1 aliphatic heterocycles. The molecule has 0 aliphatic carbocycles. The molecule has 174 valence electrons. The number of benzene rings is 2. The molecule has 0 unspecified atom stereocenters. The molecule has 1 saturated heterocycles. The number of hydrogen-bond donors (Lipinski definition) is 0. The Bertz CT molecular complexity index is 1060. The summed E-state index contributed by atoms with van der Waals surface area (Å²) in [5, 5.41) is 9.73. The number of thioether (sulfide) groups is 1. The Hall–Kier alpha value is -2.84. The summed E-state index contributed by atoms with van der Waals surface area (Å²) in [6.07, 6.45) is 3.76. The van der Waals surface area contributed by atoms with Crippen LogP contribution in [0, 0.1) is 0 Å². The fourth-order valence-corrected chi connectivity index (χ4v) is 4.86. The van der Waals surface area contributed by atoms with Gasteiger partial charge in [0.05, 0.1) is 33.1 Å². The van der Waals surface area contributed by atoms with Crippen molar-refractivity contribution in [2.75, 3.05) is 33.1 Å². The van der Waals surface area contributed by atoms with Crippen LogP contribution in [-0.2, 0) is 13.1 Å². The first-order valence-corrected chi connectivity index (χ1v) is 12.2. The number of likely N-dealkylation sites (tertiary alicyclic amines) is 1. The van der Waals surface area contributed by atoms with Crippen molar-refractivity contribution >= 4 is 17.5 Å². The zero-order valence-corrected chi connectivity index (χ0v) is 20.0. The molecule has 0 saturated carbocycles. The third-order valence-corrected chi connectivity index (χ3v) is 6.80. The van der Waals surface area contributed by atoms with Gasteiger partial charge in [-0.1, -0.05) is 48.5 Å². The topological polar surface area (TPSA) is 69.5 Å². The highest BCUT2D eigenvalue weighted by molar-refractivity contribution is 7.99. The van der Waals surface area contributed by atoms with E-state index in [0.29, 0.717) is 23.6 Å². The van der Waals surface area contributed by atoms with E-state index >= 15 is 0 Å². The normalized spacial score (nSPS) is 14.2. The van der Waals surface area contributed by atoms with Crippen LogP contribution in [0.5, 0.6) is 11.5 Å². The Labute approximate surface area is 199 Å². The summed E-state index contributed by atoms with van der Waals surface area (Å²) in [7, 11) is 3.15. The van der Waals surface area contributed by atoms with Crippen LogP contribution in [0.1, 0.15) is 41.0 Å². The Morgan fingerprint density at radius 1 is 0.939 bits per heavy atom. The monoisotopic (exact) mass is 466 g/mol. The second-order valence-corrected chi connectivity index (χ2v) is 9.03. The lowest BCUT2D eigenvalue weighted by molar-refractivity contribution is 0.102.